The smallest absolute Gasteiger partial charge is 0.253 e. The number of nitrogens with one attached hydrogen (secondary N) is 1. The SMILES string of the molecule is CCc1cc(-c2nc(-c3cc(C(=O)NCCCOC)c(C)n3C3CCCCC3)cs2)ccn1. The van der Waals surface area contributed by atoms with Gasteiger partial charge in [0.05, 0.1) is 17.0 Å². The fourth-order valence-corrected chi connectivity index (χ4v) is 5.51. The first-order valence-corrected chi connectivity index (χ1v) is 12.9. The summed E-state index contributed by atoms with van der Waals surface area (Å²) in [6.45, 7) is 5.44. The normalized spacial score (nSPS) is 14.5. The van der Waals surface area contributed by atoms with Gasteiger partial charge in [0.1, 0.15) is 5.01 Å². The van der Waals surface area contributed by atoms with E-state index in [9.17, 15) is 4.79 Å². The molecule has 1 aliphatic carbocycles. The van der Waals surface area contributed by atoms with Crippen molar-refractivity contribution in [3.8, 4) is 22.0 Å². The molecule has 4 rings (SSSR count). The van der Waals surface area contributed by atoms with Crippen LogP contribution in [0.5, 0.6) is 0 Å². The molecule has 0 saturated heterocycles. The number of hydrogen-bond acceptors (Lipinski definition) is 5. The number of rotatable bonds is 9. The maximum atomic E-state index is 13.0. The molecule has 0 unspecified atom stereocenters. The zero-order valence-corrected chi connectivity index (χ0v) is 20.7. The van der Waals surface area contributed by atoms with E-state index < -0.39 is 0 Å². The Morgan fingerprint density at radius 2 is 2.09 bits per heavy atom. The molecule has 0 aromatic carbocycles. The molecule has 0 spiro atoms. The Hall–Kier alpha value is -2.51. The summed E-state index contributed by atoms with van der Waals surface area (Å²) in [7, 11) is 1.68. The second-order valence-electron chi connectivity index (χ2n) is 8.72. The van der Waals surface area contributed by atoms with Crippen molar-refractivity contribution in [2.75, 3.05) is 20.3 Å². The monoisotopic (exact) mass is 466 g/mol. The van der Waals surface area contributed by atoms with Crippen LogP contribution in [-0.4, -0.2) is 40.7 Å². The lowest BCUT2D eigenvalue weighted by Crippen LogP contribution is -2.26. The Morgan fingerprint density at radius 1 is 1.27 bits per heavy atom. The van der Waals surface area contributed by atoms with Crippen molar-refractivity contribution in [1.82, 2.24) is 19.9 Å². The number of nitrogens with zero attached hydrogens (tertiary/aromatic N) is 3. The Bertz CT molecular complexity index is 1080. The minimum atomic E-state index is -0.0170. The van der Waals surface area contributed by atoms with Crippen LogP contribution >= 0.6 is 11.3 Å². The van der Waals surface area contributed by atoms with E-state index in [0.717, 1.165) is 64.6 Å². The topological polar surface area (TPSA) is 69.0 Å². The summed E-state index contributed by atoms with van der Waals surface area (Å²) in [5.41, 5.74) is 5.94. The van der Waals surface area contributed by atoms with Crippen LogP contribution in [0.3, 0.4) is 0 Å². The molecule has 3 aromatic rings. The van der Waals surface area contributed by atoms with Crippen molar-refractivity contribution in [3.05, 3.63) is 46.7 Å². The second kappa shape index (κ2) is 11.1. The number of ether oxygens (including phenoxy) is 1. The Kier molecular flexibility index (Phi) is 7.93. The maximum absolute atomic E-state index is 13.0. The fraction of sp³-hybridized carbons (Fsp3) is 0.500. The van der Waals surface area contributed by atoms with E-state index in [1.807, 2.05) is 18.3 Å². The molecule has 6 nitrogen and oxygen atoms in total. The molecule has 1 aliphatic rings. The van der Waals surface area contributed by atoms with Gasteiger partial charge in [0.15, 0.2) is 0 Å². The summed E-state index contributed by atoms with van der Waals surface area (Å²) in [5.74, 6) is -0.0170. The van der Waals surface area contributed by atoms with Crippen LogP contribution in [0.15, 0.2) is 29.8 Å². The quantitative estimate of drug-likeness (QED) is 0.404. The molecule has 1 N–H and O–H groups in total. The third-order valence-electron chi connectivity index (χ3n) is 6.48. The van der Waals surface area contributed by atoms with Crippen LogP contribution < -0.4 is 5.32 Å². The van der Waals surface area contributed by atoms with Crippen LogP contribution in [0, 0.1) is 6.92 Å². The first-order valence-electron chi connectivity index (χ1n) is 12.0. The lowest BCUT2D eigenvalue weighted by Gasteiger charge is -2.26. The zero-order valence-electron chi connectivity index (χ0n) is 19.9. The molecule has 0 aliphatic heterocycles. The molecule has 1 amide bonds. The molecule has 7 heteroatoms. The van der Waals surface area contributed by atoms with Gasteiger partial charge in [-0.2, -0.15) is 0 Å². The zero-order chi connectivity index (χ0) is 23.2. The van der Waals surface area contributed by atoms with Crippen molar-refractivity contribution in [2.45, 2.75) is 64.8 Å². The average Bonchev–Trinajstić information content (AvgIpc) is 3.47. The minimum absolute atomic E-state index is 0.0170. The van der Waals surface area contributed by atoms with Gasteiger partial charge in [-0.25, -0.2) is 4.98 Å². The Labute approximate surface area is 200 Å². The predicted octanol–water partition coefficient (Wildman–Crippen LogP) is 5.82. The Balaban J connectivity index is 1.68. The van der Waals surface area contributed by atoms with E-state index in [0.29, 0.717) is 19.2 Å². The van der Waals surface area contributed by atoms with E-state index in [4.69, 9.17) is 9.72 Å². The van der Waals surface area contributed by atoms with Crippen LogP contribution in [0.25, 0.3) is 22.0 Å². The molecular formula is C26H34N4O2S. The van der Waals surface area contributed by atoms with Crippen LogP contribution in [0.4, 0.5) is 0 Å². The van der Waals surface area contributed by atoms with Crippen molar-refractivity contribution in [1.29, 1.82) is 0 Å². The average molecular weight is 467 g/mol. The van der Waals surface area contributed by atoms with Gasteiger partial charge in [0.2, 0.25) is 0 Å². The van der Waals surface area contributed by atoms with Gasteiger partial charge in [0, 0.05) is 54.8 Å². The molecule has 3 aromatic heterocycles. The standard InChI is InChI=1S/C26H34N4O2S/c1-4-20-15-19(11-13-27-20)26-29-23(17-33-26)24-16-22(25(31)28-12-8-14-32-3)18(2)30(24)21-9-6-5-7-10-21/h11,13,15-17,21H,4-10,12,14H2,1-3H3,(H,28,31). The predicted molar refractivity (Wildman–Crippen MR) is 134 cm³/mol. The van der Waals surface area contributed by atoms with E-state index in [2.05, 4.69) is 40.2 Å². The summed E-state index contributed by atoms with van der Waals surface area (Å²) < 4.78 is 7.48. The highest BCUT2D eigenvalue weighted by Crippen LogP contribution is 2.37. The van der Waals surface area contributed by atoms with Crippen molar-refractivity contribution in [3.63, 3.8) is 0 Å². The highest BCUT2D eigenvalue weighted by molar-refractivity contribution is 7.13. The van der Waals surface area contributed by atoms with Gasteiger partial charge in [-0.05, 0) is 50.8 Å². The molecule has 1 fully saturated rings. The van der Waals surface area contributed by atoms with Crippen molar-refractivity contribution >= 4 is 17.2 Å². The number of carbonyl (C=O) groups excluding carboxylic acids is 1. The lowest BCUT2D eigenvalue weighted by molar-refractivity contribution is 0.0947. The summed E-state index contributed by atoms with van der Waals surface area (Å²) in [6, 6.07) is 6.60. The molecular weight excluding hydrogens is 432 g/mol. The number of amides is 1. The molecule has 33 heavy (non-hydrogen) atoms. The number of thiazole rings is 1. The number of methoxy groups -OCH3 is 1. The molecule has 0 bridgehead atoms. The summed E-state index contributed by atoms with van der Waals surface area (Å²) in [6.07, 6.45) is 9.63. The van der Waals surface area contributed by atoms with E-state index in [1.54, 1.807) is 18.4 Å². The first kappa shape index (κ1) is 23.6. The van der Waals surface area contributed by atoms with Crippen molar-refractivity contribution < 1.29 is 9.53 Å². The van der Waals surface area contributed by atoms with Gasteiger partial charge in [-0.15, -0.1) is 11.3 Å². The van der Waals surface area contributed by atoms with Crippen molar-refractivity contribution in [2.24, 2.45) is 0 Å². The van der Waals surface area contributed by atoms with E-state index >= 15 is 0 Å². The second-order valence-corrected chi connectivity index (χ2v) is 9.58. The minimum Gasteiger partial charge on any atom is -0.385 e. The number of aromatic nitrogens is 3. The molecule has 3 heterocycles. The van der Waals surface area contributed by atoms with Gasteiger partial charge < -0.3 is 14.6 Å². The number of pyridine rings is 1. The number of hydrogen-bond donors (Lipinski definition) is 1. The van der Waals surface area contributed by atoms with Crippen LogP contribution in [-0.2, 0) is 11.2 Å². The summed E-state index contributed by atoms with van der Waals surface area (Å²) in [4.78, 5) is 22.4. The number of carbonyl (C=O) groups is 1. The van der Waals surface area contributed by atoms with Crippen LogP contribution in [0.1, 0.15) is 73.2 Å². The third-order valence-corrected chi connectivity index (χ3v) is 7.37. The maximum Gasteiger partial charge on any atom is 0.253 e. The lowest BCUT2D eigenvalue weighted by atomic mass is 9.95. The summed E-state index contributed by atoms with van der Waals surface area (Å²) >= 11 is 1.65. The molecule has 1 saturated carbocycles. The largest absolute Gasteiger partial charge is 0.385 e. The van der Waals surface area contributed by atoms with Gasteiger partial charge in [-0.1, -0.05) is 26.2 Å². The molecule has 0 radical (unpaired) electrons. The first-order chi connectivity index (χ1) is 16.1. The fourth-order valence-electron chi connectivity index (χ4n) is 4.70. The van der Waals surface area contributed by atoms with Gasteiger partial charge in [-0.3, -0.25) is 9.78 Å². The highest BCUT2D eigenvalue weighted by Gasteiger charge is 2.26. The highest BCUT2D eigenvalue weighted by atomic mass is 32.1. The van der Waals surface area contributed by atoms with E-state index in [-0.39, 0.29) is 5.91 Å². The number of aryl methyl sites for hydroxylation is 1. The van der Waals surface area contributed by atoms with Crippen LogP contribution in [0.2, 0.25) is 0 Å². The molecule has 176 valence electrons. The van der Waals surface area contributed by atoms with Gasteiger partial charge in [0.25, 0.3) is 5.91 Å². The Morgan fingerprint density at radius 3 is 2.85 bits per heavy atom. The molecule has 0 atom stereocenters. The third kappa shape index (κ3) is 5.36. The van der Waals surface area contributed by atoms with E-state index in [1.165, 1.54) is 19.3 Å². The van der Waals surface area contributed by atoms with Gasteiger partial charge >= 0.3 is 0 Å². The summed E-state index contributed by atoms with van der Waals surface area (Å²) in [5, 5.41) is 6.16.